The molecule has 0 fully saturated rings. The van der Waals surface area contributed by atoms with E-state index in [0.717, 1.165) is 17.7 Å². The lowest BCUT2D eigenvalue weighted by molar-refractivity contribution is 0.247. The molecule has 6 heteroatoms. The minimum atomic E-state index is -0.413. The van der Waals surface area contributed by atoms with Crippen LogP contribution in [0.25, 0.3) is 0 Å². The maximum atomic E-state index is 11.9. The van der Waals surface area contributed by atoms with Gasteiger partial charge in [-0.05, 0) is 61.4 Å². The number of anilines is 1. The van der Waals surface area contributed by atoms with E-state index in [2.05, 4.69) is 35.8 Å². The Morgan fingerprint density at radius 2 is 1.65 bits per heavy atom. The summed E-state index contributed by atoms with van der Waals surface area (Å²) < 4.78 is 11.7. The maximum absolute atomic E-state index is 11.9. The number of hydrogen-bond donors (Lipinski definition) is 2. The molecule has 0 saturated heterocycles. The van der Waals surface area contributed by atoms with Crippen molar-refractivity contribution in [2.45, 2.75) is 20.3 Å². The summed E-state index contributed by atoms with van der Waals surface area (Å²) in [4.78, 5) is 11.9. The molecule has 0 radical (unpaired) electrons. The topological polar surface area (TPSA) is 72.0 Å². The average molecular weight is 418 g/mol. The van der Waals surface area contributed by atoms with Crippen LogP contribution in [-0.4, -0.2) is 25.5 Å². The number of amides is 2. The summed E-state index contributed by atoms with van der Waals surface area (Å²) in [7, 11) is 0. The summed E-state index contributed by atoms with van der Waals surface area (Å²) >= 11 is 0. The zero-order chi connectivity index (χ0) is 21.9. The first-order valence-corrected chi connectivity index (χ1v) is 10.2. The Morgan fingerprint density at radius 3 is 2.45 bits per heavy atom. The van der Waals surface area contributed by atoms with Crippen LogP contribution in [-0.2, 0) is 0 Å². The van der Waals surface area contributed by atoms with Crippen LogP contribution in [0.4, 0.5) is 10.5 Å². The molecule has 3 aromatic carbocycles. The number of aryl methyl sites for hydroxylation is 2. The monoisotopic (exact) mass is 417 g/mol. The highest BCUT2D eigenvalue weighted by Crippen LogP contribution is 2.18. The fraction of sp³-hybridized carbons (Fsp3) is 0.200. The highest BCUT2D eigenvalue weighted by molar-refractivity contribution is 5.90. The lowest BCUT2D eigenvalue weighted by atomic mass is 10.1. The molecule has 2 N–H and O–H groups in total. The van der Waals surface area contributed by atoms with E-state index in [1.165, 1.54) is 11.1 Å². The van der Waals surface area contributed by atoms with Crippen molar-refractivity contribution in [1.82, 2.24) is 5.43 Å². The SMILES string of the molecule is Cc1ccc(OCCCOc2ccccc2C=NNC(=O)Nc2ccccc2)cc1C. The number of hydrazone groups is 1. The first kappa shape index (κ1) is 21.9. The third kappa shape index (κ3) is 7.19. The predicted molar refractivity (Wildman–Crippen MR) is 124 cm³/mol. The Labute approximate surface area is 182 Å². The minimum absolute atomic E-state index is 0.413. The van der Waals surface area contributed by atoms with Gasteiger partial charge in [0.2, 0.25) is 0 Å². The summed E-state index contributed by atoms with van der Waals surface area (Å²) in [6.45, 7) is 5.24. The van der Waals surface area contributed by atoms with Crippen molar-refractivity contribution in [2.24, 2.45) is 5.10 Å². The van der Waals surface area contributed by atoms with Crippen molar-refractivity contribution in [2.75, 3.05) is 18.5 Å². The fourth-order valence-electron chi connectivity index (χ4n) is 2.79. The van der Waals surface area contributed by atoms with Gasteiger partial charge in [0.25, 0.3) is 0 Å². The molecule has 3 aromatic rings. The van der Waals surface area contributed by atoms with E-state index in [4.69, 9.17) is 9.47 Å². The largest absolute Gasteiger partial charge is 0.493 e. The molecule has 0 aliphatic carbocycles. The van der Waals surface area contributed by atoms with Crippen molar-refractivity contribution >= 4 is 17.9 Å². The molecule has 0 saturated carbocycles. The van der Waals surface area contributed by atoms with Gasteiger partial charge in [0.15, 0.2) is 0 Å². The molecule has 0 unspecified atom stereocenters. The number of rotatable bonds is 9. The number of para-hydroxylation sites is 2. The molecule has 3 rings (SSSR count). The second kappa shape index (κ2) is 11.4. The van der Waals surface area contributed by atoms with Crippen molar-refractivity contribution in [3.8, 4) is 11.5 Å². The Balaban J connectivity index is 1.43. The molecule has 31 heavy (non-hydrogen) atoms. The van der Waals surface area contributed by atoms with E-state index >= 15 is 0 Å². The van der Waals surface area contributed by atoms with Gasteiger partial charge in [0.1, 0.15) is 11.5 Å². The summed E-state index contributed by atoms with van der Waals surface area (Å²) in [6, 6.07) is 22.4. The summed E-state index contributed by atoms with van der Waals surface area (Å²) in [5, 5.41) is 6.71. The van der Waals surface area contributed by atoms with Gasteiger partial charge in [-0.25, -0.2) is 10.2 Å². The van der Waals surface area contributed by atoms with Gasteiger partial charge in [-0.3, -0.25) is 0 Å². The van der Waals surface area contributed by atoms with E-state index in [-0.39, 0.29) is 0 Å². The Hall–Kier alpha value is -3.80. The van der Waals surface area contributed by atoms with Crippen molar-refractivity contribution in [1.29, 1.82) is 0 Å². The molecular formula is C25H27N3O3. The molecule has 0 bridgehead atoms. The Kier molecular flexibility index (Phi) is 8.05. The van der Waals surface area contributed by atoms with Crippen LogP contribution in [0, 0.1) is 13.8 Å². The lowest BCUT2D eigenvalue weighted by Crippen LogP contribution is -2.24. The normalized spacial score (nSPS) is 10.6. The second-order valence-corrected chi connectivity index (χ2v) is 7.02. The summed E-state index contributed by atoms with van der Waals surface area (Å²) in [5.41, 5.74) is 6.39. The van der Waals surface area contributed by atoms with E-state index in [1.54, 1.807) is 18.3 Å². The number of nitrogens with zero attached hydrogens (tertiary/aromatic N) is 1. The van der Waals surface area contributed by atoms with Gasteiger partial charge in [-0.1, -0.05) is 36.4 Å². The molecule has 0 aliphatic rings. The molecule has 160 valence electrons. The van der Waals surface area contributed by atoms with Gasteiger partial charge >= 0.3 is 6.03 Å². The van der Waals surface area contributed by atoms with Crippen LogP contribution >= 0.6 is 0 Å². The maximum Gasteiger partial charge on any atom is 0.339 e. The standard InChI is InChI=1S/C25H27N3O3/c1-19-13-14-23(17-20(19)2)30-15-8-16-31-24-12-7-6-9-21(24)18-26-28-25(29)27-22-10-4-3-5-11-22/h3-7,9-14,17-18H,8,15-16H2,1-2H3,(H2,27,28,29). The van der Waals surface area contributed by atoms with E-state index in [9.17, 15) is 4.79 Å². The number of ether oxygens (including phenoxy) is 2. The zero-order valence-electron chi connectivity index (χ0n) is 17.8. The Morgan fingerprint density at radius 1 is 0.903 bits per heavy atom. The van der Waals surface area contributed by atoms with E-state index < -0.39 is 6.03 Å². The number of nitrogens with one attached hydrogen (secondary N) is 2. The quantitative estimate of drug-likeness (QED) is 0.282. The fourth-order valence-corrected chi connectivity index (χ4v) is 2.79. The first-order chi connectivity index (χ1) is 15.1. The van der Waals surface area contributed by atoms with Gasteiger partial charge in [0, 0.05) is 17.7 Å². The molecular weight excluding hydrogens is 390 g/mol. The lowest BCUT2D eigenvalue weighted by Gasteiger charge is -2.11. The van der Waals surface area contributed by atoms with E-state index in [1.807, 2.05) is 54.6 Å². The van der Waals surface area contributed by atoms with Crippen LogP contribution in [0.3, 0.4) is 0 Å². The minimum Gasteiger partial charge on any atom is -0.493 e. The number of carbonyl (C=O) groups is 1. The molecule has 6 nitrogen and oxygen atoms in total. The molecule has 0 heterocycles. The summed E-state index contributed by atoms with van der Waals surface area (Å²) in [6.07, 6.45) is 2.31. The smallest absolute Gasteiger partial charge is 0.339 e. The van der Waals surface area contributed by atoms with Crippen LogP contribution in [0.5, 0.6) is 11.5 Å². The zero-order valence-corrected chi connectivity index (χ0v) is 17.8. The molecule has 0 atom stereocenters. The average Bonchev–Trinajstić information content (AvgIpc) is 2.77. The number of carbonyl (C=O) groups excluding carboxylic acids is 1. The van der Waals surface area contributed by atoms with Gasteiger partial charge in [-0.15, -0.1) is 0 Å². The van der Waals surface area contributed by atoms with E-state index in [0.29, 0.717) is 24.7 Å². The van der Waals surface area contributed by atoms with Crippen LogP contribution in [0.2, 0.25) is 0 Å². The van der Waals surface area contributed by atoms with Gasteiger partial charge < -0.3 is 14.8 Å². The van der Waals surface area contributed by atoms with Crippen LogP contribution in [0.15, 0.2) is 77.9 Å². The third-order valence-electron chi connectivity index (χ3n) is 4.61. The molecule has 0 aliphatic heterocycles. The summed E-state index contributed by atoms with van der Waals surface area (Å²) in [5.74, 6) is 1.57. The van der Waals surface area contributed by atoms with Crippen LogP contribution in [0.1, 0.15) is 23.1 Å². The van der Waals surface area contributed by atoms with Crippen molar-refractivity contribution < 1.29 is 14.3 Å². The highest BCUT2D eigenvalue weighted by atomic mass is 16.5. The van der Waals surface area contributed by atoms with Crippen molar-refractivity contribution in [3.63, 3.8) is 0 Å². The van der Waals surface area contributed by atoms with Crippen molar-refractivity contribution in [3.05, 3.63) is 89.5 Å². The van der Waals surface area contributed by atoms with Gasteiger partial charge in [-0.2, -0.15) is 5.10 Å². The predicted octanol–water partition coefficient (Wildman–Crippen LogP) is 5.31. The Bertz CT molecular complexity index is 1020. The number of benzene rings is 3. The molecule has 0 aromatic heterocycles. The highest BCUT2D eigenvalue weighted by Gasteiger charge is 2.03. The number of urea groups is 1. The third-order valence-corrected chi connectivity index (χ3v) is 4.61. The number of hydrogen-bond acceptors (Lipinski definition) is 4. The van der Waals surface area contributed by atoms with Crippen LogP contribution < -0.4 is 20.2 Å². The first-order valence-electron chi connectivity index (χ1n) is 10.2. The molecule has 0 spiro atoms. The second-order valence-electron chi connectivity index (χ2n) is 7.02. The van der Waals surface area contributed by atoms with Gasteiger partial charge in [0.05, 0.1) is 19.4 Å². The molecule has 2 amide bonds.